The van der Waals surface area contributed by atoms with Crippen LogP contribution in [0.3, 0.4) is 0 Å². The molecule has 0 bridgehead atoms. The van der Waals surface area contributed by atoms with E-state index < -0.39 is 74.6 Å². The van der Waals surface area contributed by atoms with Gasteiger partial charge >= 0.3 is 0 Å². The fraction of sp³-hybridized carbons (Fsp3) is 1.00. The van der Waals surface area contributed by atoms with Gasteiger partial charge in [0.05, 0.1) is 13.2 Å². The quantitative estimate of drug-likeness (QED) is 0.251. The zero-order valence-electron chi connectivity index (χ0n) is 13.0. The highest BCUT2D eigenvalue weighted by Crippen LogP contribution is 2.29. The van der Waals surface area contributed by atoms with Crippen LogP contribution in [0.5, 0.6) is 0 Å². The monoisotopic (exact) mass is 356 g/mol. The Kier molecular flexibility index (Phi) is 6.87. The molecule has 0 aromatic rings. The Morgan fingerprint density at radius 1 is 0.708 bits per heavy atom. The second-order valence-corrected chi connectivity index (χ2v) is 5.74. The standard InChI is InChI=1S/C13H24O11/c1-21-12-10(20)8(18)11(5(3-15)23-12)24-13-9(19)7(17)6(16)4(2-14)22-13/h4-20H,2-3H2,1H3/t4?,5?,6?,7-,8+,9+,10+,11?,12?,13?/m1/s1. The minimum atomic E-state index is -1.69. The third kappa shape index (κ3) is 3.71. The van der Waals surface area contributed by atoms with Gasteiger partial charge in [0.15, 0.2) is 12.6 Å². The summed E-state index contributed by atoms with van der Waals surface area (Å²) < 4.78 is 20.6. The molecule has 0 spiro atoms. The molecule has 0 radical (unpaired) electrons. The lowest BCUT2D eigenvalue weighted by Crippen LogP contribution is -2.64. The van der Waals surface area contributed by atoms with Gasteiger partial charge in [0.2, 0.25) is 0 Å². The summed E-state index contributed by atoms with van der Waals surface area (Å²) in [5, 5.41) is 68.0. The average molecular weight is 356 g/mol. The summed E-state index contributed by atoms with van der Waals surface area (Å²) in [5.74, 6) is 0. The molecule has 2 heterocycles. The number of hydrogen-bond donors (Lipinski definition) is 7. The van der Waals surface area contributed by atoms with Crippen LogP contribution in [-0.4, -0.2) is 117 Å². The molecule has 6 unspecified atom stereocenters. The highest BCUT2D eigenvalue weighted by Gasteiger charge is 2.50. The van der Waals surface area contributed by atoms with Crippen molar-refractivity contribution in [2.45, 2.75) is 61.4 Å². The molecule has 0 amide bonds. The predicted octanol–water partition coefficient (Wildman–Crippen LogP) is -4.74. The first-order chi connectivity index (χ1) is 11.3. The SMILES string of the molecule is COC1OC(CO)C(OC2OC(CO)C(O)[C@@H](O)[C@@H]2O)[C@@H](O)[C@@H]1O. The second-order valence-electron chi connectivity index (χ2n) is 5.74. The third-order valence-electron chi connectivity index (χ3n) is 4.19. The molecule has 2 fully saturated rings. The van der Waals surface area contributed by atoms with Crippen molar-refractivity contribution >= 4 is 0 Å². The zero-order chi connectivity index (χ0) is 18.0. The van der Waals surface area contributed by atoms with Crippen molar-refractivity contribution in [2.24, 2.45) is 0 Å². The fourth-order valence-electron chi connectivity index (χ4n) is 2.75. The van der Waals surface area contributed by atoms with E-state index in [1.165, 1.54) is 7.11 Å². The topological polar surface area (TPSA) is 179 Å². The molecule has 0 aromatic carbocycles. The summed E-state index contributed by atoms with van der Waals surface area (Å²) in [6.45, 7) is -1.24. The van der Waals surface area contributed by atoms with Crippen LogP contribution in [0.1, 0.15) is 0 Å². The Bertz CT molecular complexity index is 392. The van der Waals surface area contributed by atoms with Crippen LogP contribution >= 0.6 is 0 Å². The number of aliphatic hydroxyl groups is 7. The van der Waals surface area contributed by atoms with Gasteiger partial charge in [0.1, 0.15) is 48.8 Å². The van der Waals surface area contributed by atoms with Gasteiger partial charge in [-0.1, -0.05) is 0 Å². The van der Waals surface area contributed by atoms with Gasteiger partial charge in [-0.2, -0.15) is 0 Å². The normalized spacial score (nSPS) is 50.0. The van der Waals surface area contributed by atoms with Gasteiger partial charge in [-0.05, 0) is 0 Å². The van der Waals surface area contributed by atoms with E-state index in [2.05, 4.69) is 0 Å². The number of hydrogen-bond acceptors (Lipinski definition) is 11. The van der Waals surface area contributed by atoms with Crippen LogP contribution in [0.15, 0.2) is 0 Å². The molecule has 142 valence electrons. The zero-order valence-corrected chi connectivity index (χ0v) is 13.0. The summed E-state index contributed by atoms with van der Waals surface area (Å²) in [6.07, 6.45) is -14.3. The van der Waals surface area contributed by atoms with E-state index >= 15 is 0 Å². The Balaban J connectivity index is 2.12. The van der Waals surface area contributed by atoms with Crippen molar-refractivity contribution in [3.63, 3.8) is 0 Å². The summed E-state index contributed by atoms with van der Waals surface area (Å²) in [5.41, 5.74) is 0. The van der Waals surface area contributed by atoms with Crippen molar-refractivity contribution in [1.29, 1.82) is 0 Å². The number of aliphatic hydroxyl groups excluding tert-OH is 7. The average Bonchev–Trinajstić information content (AvgIpc) is 2.59. The molecule has 11 heteroatoms. The smallest absolute Gasteiger partial charge is 0.187 e. The molecule has 0 saturated carbocycles. The number of rotatable bonds is 5. The highest BCUT2D eigenvalue weighted by atomic mass is 16.7. The minimum Gasteiger partial charge on any atom is -0.394 e. The van der Waals surface area contributed by atoms with Crippen LogP contribution in [-0.2, 0) is 18.9 Å². The maximum Gasteiger partial charge on any atom is 0.187 e. The lowest BCUT2D eigenvalue weighted by molar-refractivity contribution is -0.357. The third-order valence-corrected chi connectivity index (χ3v) is 4.19. The Morgan fingerprint density at radius 3 is 1.79 bits per heavy atom. The molecular weight excluding hydrogens is 332 g/mol. The second kappa shape index (κ2) is 8.29. The van der Waals surface area contributed by atoms with E-state index in [1.807, 2.05) is 0 Å². The van der Waals surface area contributed by atoms with Crippen molar-refractivity contribution in [2.75, 3.05) is 20.3 Å². The van der Waals surface area contributed by atoms with Crippen molar-refractivity contribution < 1.29 is 54.7 Å². The molecule has 2 saturated heterocycles. The molecule has 2 aliphatic heterocycles. The van der Waals surface area contributed by atoms with Crippen molar-refractivity contribution in [3.8, 4) is 0 Å². The molecule has 2 rings (SSSR count). The van der Waals surface area contributed by atoms with Gasteiger partial charge < -0.3 is 54.7 Å². The van der Waals surface area contributed by atoms with E-state index in [1.54, 1.807) is 0 Å². The van der Waals surface area contributed by atoms with Gasteiger partial charge in [0, 0.05) is 7.11 Å². The van der Waals surface area contributed by atoms with Crippen molar-refractivity contribution in [3.05, 3.63) is 0 Å². The lowest BCUT2D eigenvalue weighted by atomic mass is 9.97. The van der Waals surface area contributed by atoms with Crippen LogP contribution in [0.4, 0.5) is 0 Å². The minimum absolute atomic E-state index is 0.592. The summed E-state index contributed by atoms with van der Waals surface area (Å²) in [4.78, 5) is 0. The van der Waals surface area contributed by atoms with Crippen LogP contribution in [0.2, 0.25) is 0 Å². The Morgan fingerprint density at radius 2 is 1.25 bits per heavy atom. The van der Waals surface area contributed by atoms with E-state index in [-0.39, 0.29) is 0 Å². The van der Waals surface area contributed by atoms with Gasteiger partial charge in [0.25, 0.3) is 0 Å². The molecule has 11 nitrogen and oxygen atoms in total. The molecule has 10 atom stereocenters. The summed E-state index contributed by atoms with van der Waals surface area (Å²) >= 11 is 0. The van der Waals surface area contributed by atoms with E-state index in [0.717, 1.165) is 0 Å². The number of methoxy groups -OCH3 is 1. The van der Waals surface area contributed by atoms with Crippen LogP contribution in [0.25, 0.3) is 0 Å². The van der Waals surface area contributed by atoms with Crippen molar-refractivity contribution in [1.82, 2.24) is 0 Å². The first-order valence-corrected chi connectivity index (χ1v) is 7.46. The Hall–Kier alpha value is -0.440. The maximum atomic E-state index is 10.2. The molecule has 0 aromatic heterocycles. The molecule has 24 heavy (non-hydrogen) atoms. The van der Waals surface area contributed by atoms with Crippen LogP contribution in [0, 0.1) is 0 Å². The largest absolute Gasteiger partial charge is 0.394 e. The number of ether oxygens (including phenoxy) is 4. The molecule has 2 aliphatic rings. The first-order valence-electron chi connectivity index (χ1n) is 7.46. The van der Waals surface area contributed by atoms with Gasteiger partial charge in [-0.25, -0.2) is 0 Å². The summed E-state index contributed by atoms with van der Waals surface area (Å²) in [6, 6.07) is 0. The fourth-order valence-corrected chi connectivity index (χ4v) is 2.75. The lowest BCUT2D eigenvalue weighted by Gasteiger charge is -2.45. The maximum absolute atomic E-state index is 10.2. The molecular formula is C13H24O11. The summed E-state index contributed by atoms with van der Waals surface area (Å²) in [7, 11) is 1.24. The van der Waals surface area contributed by atoms with Gasteiger partial charge in [-0.3, -0.25) is 0 Å². The molecule has 7 N–H and O–H groups in total. The van der Waals surface area contributed by atoms with Gasteiger partial charge in [-0.15, -0.1) is 0 Å². The van der Waals surface area contributed by atoms with E-state index in [4.69, 9.17) is 24.1 Å². The highest BCUT2D eigenvalue weighted by molar-refractivity contribution is 4.93. The van der Waals surface area contributed by atoms with E-state index in [0.29, 0.717) is 0 Å². The van der Waals surface area contributed by atoms with E-state index in [9.17, 15) is 30.6 Å². The molecule has 0 aliphatic carbocycles. The predicted molar refractivity (Wildman–Crippen MR) is 73.4 cm³/mol. The van der Waals surface area contributed by atoms with Crippen LogP contribution < -0.4 is 0 Å². The first kappa shape index (κ1) is 19.9. The Labute approximate surface area is 137 Å².